The summed E-state index contributed by atoms with van der Waals surface area (Å²) in [5.74, 6) is 0.213. The van der Waals surface area contributed by atoms with Gasteiger partial charge in [-0.3, -0.25) is 9.69 Å². The molecule has 0 aliphatic carbocycles. The summed E-state index contributed by atoms with van der Waals surface area (Å²) in [7, 11) is 2.13. The molecule has 1 heterocycles. The first-order chi connectivity index (χ1) is 11.1. The second kappa shape index (κ2) is 7.07. The van der Waals surface area contributed by atoms with E-state index in [9.17, 15) is 4.79 Å². The van der Waals surface area contributed by atoms with Gasteiger partial charge in [0.25, 0.3) is 0 Å². The lowest BCUT2D eigenvalue weighted by atomic mass is 9.98. The normalized spacial score (nSPS) is 16.4. The molecule has 1 aliphatic heterocycles. The highest BCUT2D eigenvalue weighted by Gasteiger charge is 2.17. The molecule has 1 aliphatic rings. The first-order valence-electron chi connectivity index (χ1n) is 8.23. The Balaban J connectivity index is 1.74. The van der Waals surface area contributed by atoms with Crippen LogP contribution in [0.15, 0.2) is 48.5 Å². The van der Waals surface area contributed by atoms with Crippen LogP contribution < -0.4 is 0 Å². The molecule has 23 heavy (non-hydrogen) atoms. The van der Waals surface area contributed by atoms with Crippen molar-refractivity contribution in [3.63, 3.8) is 0 Å². The third-order valence-electron chi connectivity index (χ3n) is 4.60. The monoisotopic (exact) mass is 308 g/mol. The van der Waals surface area contributed by atoms with Gasteiger partial charge < -0.3 is 4.90 Å². The minimum atomic E-state index is 0.213. The van der Waals surface area contributed by atoms with E-state index < -0.39 is 0 Å². The minimum Gasteiger partial charge on any atom is -0.304 e. The summed E-state index contributed by atoms with van der Waals surface area (Å²) in [5, 5.41) is 0. The second-order valence-corrected chi connectivity index (χ2v) is 6.40. The fourth-order valence-corrected chi connectivity index (χ4v) is 3.06. The summed E-state index contributed by atoms with van der Waals surface area (Å²) < 4.78 is 0. The smallest absolute Gasteiger partial charge is 0.176 e. The molecule has 0 spiro atoms. The van der Waals surface area contributed by atoms with Gasteiger partial charge in [0.2, 0.25) is 0 Å². The van der Waals surface area contributed by atoms with Crippen molar-refractivity contribution in [2.75, 3.05) is 39.8 Å². The maximum atomic E-state index is 12.6. The van der Waals surface area contributed by atoms with E-state index in [0.717, 1.165) is 37.3 Å². The standard InChI is InChI=1S/C20H24N2O/c1-16-6-3-4-9-19(16)17-7-5-8-18(14-17)20(23)15-22-12-10-21(2)11-13-22/h3-9,14H,10-13,15H2,1-2H3. The van der Waals surface area contributed by atoms with E-state index in [-0.39, 0.29) is 5.78 Å². The fourth-order valence-electron chi connectivity index (χ4n) is 3.06. The SMILES string of the molecule is Cc1ccccc1-c1cccc(C(=O)CN2CCN(C)CC2)c1. The van der Waals surface area contributed by atoms with Crippen LogP contribution in [0.1, 0.15) is 15.9 Å². The van der Waals surface area contributed by atoms with Crippen molar-refractivity contribution in [2.24, 2.45) is 0 Å². The first-order valence-corrected chi connectivity index (χ1v) is 8.23. The van der Waals surface area contributed by atoms with E-state index in [2.05, 4.69) is 42.0 Å². The van der Waals surface area contributed by atoms with Gasteiger partial charge in [-0.1, -0.05) is 42.5 Å². The van der Waals surface area contributed by atoms with Crippen molar-refractivity contribution in [3.8, 4) is 11.1 Å². The molecule has 0 atom stereocenters. The second-order valence-electron chi connectivity index (χ2n) is 6.40. The van der Waals surface area contributed by atoms with Crippen molar-refractivity contribution >= 4 is 5.78 Å². The number of nitrogens with zero attached hydrogens (tertiary/aromatic N) is 2. The molecule has 3 rings (SSSR count). The van der Waals surface area contributed by atoms with Gasteiger partial charge >= 0.3 is 0 Å². The Morgan fingerprint density at radius 3 is 2.48 bits per heavy atom. The number of carbonyl (C=O) groups is 1. The summed E-state index contributed by atoms with van der Waals surface area (Å²) in [4.78, 5) is 17.2. The van der Waals surface area contributed by atoms with Gasteiger partial charge in [0.1, 0.15) is 0 Å². The summed E-state index contributed by atoms with van der Waals surface area (Å²) in [6.07, 6.45) is 0. The molecule has 0 saturated carbocycles. The molecular weight excluding hydrogens is 284 g/mol. The zero-order chi connectivity index (χ0) is 16.2. The van der Waals surface area contributed by atoms with Crippen LogP contribution in [0.2, 0.25) is 0 Å². The first kappa shape index (κ1) is 15.9. The molecule has 3 nitrogen and oxygen atoms in total. The van der Waals surface area contributed by atoms with Gasteiger partial charge in [-0.05, 0) is 36.7 Å². The quantitative estimate of drug-likeness (QED) is 0.811. The molecule has 3 heteroatoms. The summed E-state index contributed by atoms with van der Waals surface area (Å²) in [6, 6.07) is 16.3. The maximum Gasteiger partial charge on any atom is 0.176 e. The Bertz CT molecular complexity index is 688. The van der Waals surface area contributed by atoms with Crippen molar-refractivity contribution in [3.05, 3.63) is 59.7 Å². The Kier molecular flexibility index (Phi) is 4.89. The van der Waals surface area contributed by atoms with E-state index in [1.165, 1.54) is 11.1 Å². The lowest BCUT2D eigenvalue weighted by molar-refractivity contribution is 0.0876. The Hall–Kier alpha value is -1.97. The molecule has 0 amide bonds. The molecule has 0 radical (unpaired) electrons. The van der Waals surface area contributed by atoms with Crippen LogP contribution in [0.5, 0.6) is 0 Å². The molecule has 2 aromatic rings. The number of hydrogen-bond donors (Lipinski definition) is 0. The minimum absolute atomic E-state index is 0.213. The summed E-state index contributed by atoms with van der Waals surface area (Å²) in [5.41, 5.74) is 4.36. The van der Waals surface area contributed by atoms with Crippen molar-refractivity contribution in [1.29, 1.82) is 0 Å². The topological polar surface area (TPSA) is 23.6 Å². The molecule has 1 fully saturated rings. The third-order valence-corrected chi connectivity index (χ3v) is 4.60. The zero-order valence-electron chi connectivity index (χ0n) is 14.0. The third kappa shape index (κ3) is 3.87. The predicted octanol–water partition coefficient (Wildman–Crippen LogP) is 3.09. The van der Waals surface area contributed by atoms with Gasteiger partial charge in [-0.2, -0.15) is 0 Å². The van der Waals surface area contributed by atoms with Crippen molar-refractivity contribution in [2.45, 2.75) is 6.92 Å². The molecule has 0 unspecified atom stereocenters. The molecule has 120 valence electrons. The number of rotatable bonds is 4. The van der Waals surface area contributed by atoms with Crippen molar-refractivity contribution in [1.82, 2.24) is 9.80 Å². The molecule has 2 aromatic carbocycles. The van der Waals surface area contributed by atoms with Crippen LogP contribution in [0.25, 0.3) is 11.1 Å². The summed E-state index contributed by atoms with van der Waals surface area (Å²) in [6.45, 7) is 6.64. The number of likely N-dealkylation sites (N-methyl/N-ethyl adjacent to an activating group) is 1. The van der Waals surface area contributed by atoms with Crippen LogP contribution in [0.4, 0.5) is 0 Å². The molecule has 0 aromatic heterocycles. The highest BCUT2D eigenvalue weighted by Crippen LogP contribution is 2.24. The molecular formula is C20H24N2O. The van der Waals surface area contributed by atoms with Crippen LogP contribution in [0, 0.1) is 6.92 Å². The van der Waals surface area contributed by atoms with Gasteiger partial charge in [0.15, 0.2) is 5.78 Å². The Morgan fingerprint density at radius 2 is 1.74 bits per heavy atom. The lowest BCUT2D eigenvalue weighted by Gasteiger charge is -2.31. The highest BCUT2D eigenvalue weighted by molar-refractivity contribution is 5.98. The van der Waals surface area contributed by atoms with E-state index in [0.29, 0.717) is 6.54 Å². The number of Topliss-reactive ketones (excluding diaryl/α,β-unsaturated/α-hetero) is 1. The fraction of sp³-hybridized carbons (Fsp3) is 0.350. The van der Waals surface area contributed by atoms with E-state index in [1.54, 1.807) is 0 Å². The molecule has 0 bridgehead atoms. The van der Waals surface area contributed by atoms with Crippen LogP contribution in [-0.4, -0.2) is 55.4 Å². The van der Waals surface area contributed by atoms with E-state index in [1.807, 2.05) is 30.3 Å². The number of benzene rings is 2. The van der Waals surface area contributed by atoms with E-state index >= 15 is 0 Å². The van der Waals surface area contributed by atoms with Gasteiger partial charge in [0, 0.05) is 31.7 Å². The molecule has 0 N–H and O–H groups in total. The largest absolute Gasteiger partial charge is 0.304 e. The molecule has 1 saturated heterocycles. The van der Waals surface area contributed by atoms with Gasteiger partial charge in [-0.25, -0.2) is 0 Å². The van der Waals surface area contributed by atoms with E-state index in [4.69, 9.17) is 0 Å². The average molecular weight is 308 g/mol. The van der Waals surface area contributed by atoms with Gasteiger partial charge in [0.05, 0.1) is 6.54 Å². The average Bonchev–Trinajstić information content (AvgIpc) is 2.57. The van der Waals surface area contributed by atoms with Crippen LogP contribution in [0.3, 0.4) is 0 Å². The predicted molar refractivity (Wildman–Crippen MR) is 94.9 cm³/mol. The van der Waals surface area contributed by atoms with Crippen molar-refractivity contribution < 1.29 is 4.79 Å². The van der Waals surface area contributed by atoms with Gasteiger partial charge in [-0.15, -0.1) is 0 Å². The Morgan fingerprint density at radius 1 is 1.00 bits per heavy atom. The number of carbonyl (C=O) groups excluding carboxylic acids is 1. The van der Waals surface area contributed by atoms with Crippen LogP contribution in [-0.2, 0) is 0 Å². The number of aryl methyl sites for hydroxylation is 1. The highest BCUT2D eigenvalue weighted by atomic mass is 16.1. The number of ketones is 1. The van der Waals surface area contributed by atoms with Crippen LogP contribution >= 0.6 is 0 Å². The number of hydrogen-bond acceptors (Lipinski definition) is 3. The lowest BCUT2D eigenvalue weighted by Crippen LogP contribution is -2.46. The summed E-state index contributed by atoms with van der Waals surface area (Å²) >= 11 is 0. The zero-order valence-corrected chi connectivity index (χ0v) is 14.0. The Labute approximate surface area is 138 Å². The maximum absolute atomic E-state index is 12.6. The number of piperazine rings is 1.